The SMILES string of the molecule is FC(F)(F)c1ccc2c(c1)C=C(C1CCNCC1)C2. The normalized spacial score (nSPS) is 20.3. The number of fused-ring (bicyclic) bond motifs is 1. The summed E-state index contributed by atoms with van der Waals surface area (Å²) in [5, 5.41) is 3.31. The topological polar surface area (TPSA) is 12.0 Å². The fraction of sp³-hybridized carbons (Fsp3) is 0.467. The van der Waals surface area contributed by atoms with E-state index in [1.165, 1.54) is 17.7 Å². The first-order valence-electron chi connectivity index (χ1n) is 6.65. The smallest absolute Gasteiger partial charge is 0.317 e. The lowest BCUT2D eigenvalue weighted by molar-refractivity contribution is -0.137. The van der Waals surface area contributed by atoms with Crippen LogP contribution in [0.2, 0.25) is 0 Å². The van der Waals surface area contributed by atoms with Crippen molar-refractivity contribution in [2.24, 2.45) is 5.92 Å². The Balaban J connectivity index is 1.85. The molecule has 1 aromatic carbocycles. The summed E-state index contributed by atoms with van der Waals surface area (Å²) in [5.74, 6) is 0.531. The Morgan fingerprint density at radius 1 is 1.11 bits per heavy atom. The van der Waals surface area contributed by atoms with E-state index < -0.39 is 11.7 Å². The molecule has 1 heterocycles. The number of benzene rings is 1. The minimum atomic E-state index is -4.25. The molecule has 0 spiro atoms. The van der Waals surface area contributed by atoms with Crippen molar-refractivity contribution in [3.05, 3.63) is 40.5 Å². The van der Waals surface area contributed by atoms with Gasteiger partial charge in [-0.25, -0.2) is 0 Å². The zero-order chi connectivity index (χ0) is 13.5. The number of rotatable bonds is 1. The second-order valence-corrected chi connectivity index (χ2v) is 5.33. The van der Waals surface area contributed by atoms with Gasteiger partial charge < -0.3 is 5.32 Å². The van der Waals surface area contributed by atoms with Gasteiger partial charge in [0.05, 0.1) is 5.56 Å². The summed E-state index contributed by atoms with van der Waals surface area (Å²) in [5.41, 5.74) is 2.54. The molecule has 0 aromatic heterocycles. The Bertz CT molecular complexity index is 511. The third-order valence-electron chi connectivity index (χ3n) is 4.07. The summed E-state index contributed by atoms with van der Waals surface area (Å²) in [6, 6.07) is 4.10. The Morgan fingerprint density at radius 2 is 1.84 bits per heavy atom. The molecule has 1 saturated heterocycles. The first kappa shape index (κ1) is 12.7. The minimum absolute atomic E-state index is 0.531. The van der Waals surface area contributed by atoms with E-state index in [4.69, 9.17) is 0 Å². The summed E-state index contributed by atoms with van der Waals surface area (Å²) < 4.78 is 38.0. The zero-order valence-electron chi connectivity index (χ0n) is 10.6. The van der Waals surface area contributed by atoms with Gasteiger partial charge in [-0.05, 0) is 61.5 Å². The molecule has 1 aliphatic carbocycles. The predicted octanol–water partition coefficient (Wildman–Crippen LogP) is 3.64. The number of alkyl halides is 3. The molecule has 0 unspecified atom stereocenters. The van der Waals surface area contributed by atoms with Crippen molar-refractivity contribution in [3.63, 3.8) is 0 Å². The Kier molecular flexibility index (Phi) is 3.13. The highest BCUT2D eigenvalue weighted by Gasteiger charge is 2.32. The van der Waals surface area contributed by atoms with Crippen molar-refractivity contribution < 1.29 is 13.2 Å². The van der Waals surface area contributed by atoms with E-state index in [9.17, 15) is 13.2 Å². The van der Waals surface area contributed by atoms with E-state index in [0.29, 0.717) is 5.92 Å². The fourth-order valence-electron chi connectivity index (χ4n) is 2.99. The molecule has 3 rings (SSSR count). The van der Waals surface area contributed by atoms with Crippen LogP contribution in [0, 0.1) is 5.92 Å². The number of halogens is 3. The Labute approximate surface area is 110 Å². The number of allylic oxidation sites excluding steroid dienone is 1. The number of piperidine rings is 1. The maximum absolute atomic E-state index is 12.7. The van der Waals surface area contributed by atoms with E-state index in [1.54, 1.807) is 6.07 Å². The van der Waals surface area contributed by atoms with Crippen molar-refractivity contribution in [2.75, 3.05) is 13.1 Å². The first-order valence-corrected chi connectivity index (χ1v) is 6.65. The second kappa shape index (κ2) is 4.67. The largest absolute Gasteiger partial charge is 0.416 e. The van der Waals surface area contributed by atoms with E-state index >= 15 is 0 Å². The summed E-state index contributed by atoms with van der Waals surface area (Å²) in [6.45, 7) is 2.01. The van der Waals surface area contributed by atoms with Gasteiger partial charge >= 0.3 is 6.18 Å². The number of nitrogens with one attached hydrogen (secondary N) is 1. The highest BCUT2D eigenvalue weighted by atomic mass is 19.4. The van der Waals surface area contributed by atoms with Crippen LogP contribution in [0.15, 0.2) is 23.8 Å². The maximum atomic E-state index is 12.7. The molecule has 0 radical (unpaired) electrons. The van der Waals surface area contributed by atoms with E-state index in [1.807, 2.05) is 6.08 Å². The molecular weight excluding hydrogens is 251 g/mol. The highest BCUT2D eigenvalue weighted by molar-refractivity contribution is 5.65. The molecule has 1 fully saturated rings. The summed E-state index contributed by atoms with van der Waals surface area (Å²) in [7, 11) is 0. The van der Waals surface area contributed by atoms with Crippen LogP contribution in [0.1, 0.15) is 29.5 Å². The van der Waals surface area contributed by atoms with Crippen LogP contribution in [-0.4, -0.2) is 13.1 Å². The molecule has 1 aliphatic heterocycles. The van der Waals surface area contributed by atoms with E-state index in [-0.39, 0.29) is 0 Å². The fourth-order valence-corrected chi connectivity index (χ4v) is 2.99. The lowest BCUT2D eigenvalue weighted by atomic mass is 9.89. The standard InChI is InChI=1S/C15H16F3N/c16-15(17,18)14-2-1-11-7-12(8-13(11)9-14)10-3-5-19-6-4-10/h1-2,8-10,19H,3-7H2. The summed E-state index contributed by atoms with van der Waals surface area (Å²) in [6.07, 6.45) is 0.719. The summed E-state index contributed by atoms with van der Waals surface area (Å²) in [4.78, 5) is 0. The molecule has 2 aliphatic rings. The Hall–Kier alpha value is -1.29. The predicted molar refractivity (Wildman–Crippen MR) is 68.7 cm³/mol. The van der Waals surface area contributed by atoms with Gasteiger partial charge in [-0.1, -0.05) is 17.7 Å². The quantitative estimate of drug-likeness (QED) is 0.819. The van der Waals surface area contributed by atoms with Crippen molar-refractivity contribution in [1.82, 2.24) is 5.32 Å². The molecule has 0 atom stereocenters. The lowest BCUT2D eigenvalue weighted by Crippen LogP contribution is -2.28. The van der Waals surface area contributed by atoms with Gasteiger partial charge in [-0.15, -0.1) is 0 Å². The molecule has 1 N–H and O–H groups in total. The van der Waals surface area contributed by atoms with Crippen molar-refractivity contribution in [1.29, 1.82) is 0 Å². The monoisotopic (exact) mass is 267 g/mol. The van der Waals surface area contributed by atoms with Gasteiger partial charge in [0, 0.05) is 0 Å². The van der Waals surface area contributed by atoms with Crippen LogP contribution in [0.3, 0.4) is 0 Å². The van der Waals surface area contributed by atoms with Gasteiger partial charge in [0.25, 0.3) is 0 Å². The average Bonchev–Trinajstić information content (AvgIpc) is 2.81. The second-order valence-electron chi connectivity index (χ2n) is 5.33. The van der Waals surface area contributed by atoms with Gasteiger partial charge in [0.15, 0.2) is 0 Å². The van der Waals surface area contributed by atoms with Crippen molar-refractivity contribution in [2.45, 2.75) is 25.4 Å². The maximum Gasteiger partial charge on any atom is 0.416 e. The van der Waals surface area contributed by atoms with Crippen LogP contribution < -0.4 is 5.32 Å². The minimum Gasteiger partial charge on any atom is -0.317 e. The zero-order valence-corrected chi connectivity index (χ0v) is 10.6. The molecule has 1 nitrogen and oxygen atoms in total. The molecule has 19 heavy (non-hydrogen) atoms. The summed E-state index contributed by atoms with van der Waals surface area (Å²) >= 11 is 0. The Morgan fingerprint density at radius 3 is 2.53 bits per heavy atom. The molecule has 0 bridgehead atoms. The molecule has 0 amide bonds. The lowest BCUT2D eigenvalue weighted by Gasteiger charge is -2.23. The highest BCUT2D eigenvalue weighted by Crippen LogP contribution is 2.37. The van der Waals surface area contributed by atoms with Crippen LogP contribution in [0.25, 0.3) is 6.08 Å². The van der Waals surface area contributed by atoms with Gasteiger partial charge in [-0.3, -0.25) is 0 Å². The van der Waals surface area contributed by atoms with Gasteiger partial charge in [0.1, 0.15) is 0 Å². The molecule has 1 aromatic rings. The van der Waals surface area contributed by atoms with Crippen molar-refractivity contribution >= 4 is 6.08 Å². The number of hydrogen-bond acceptors (Lipinski definition) is 1. The van der Waals surface area contributed by atoms with Gasteiger partial charge in [-0.2, -0.15) is 13.2 Å². The van der Waals surface area contributed by atoms with Gasteiger partial charge in [0.2, 0.25) is 0 Å². The molecular formula is C15H16F3N. The van der Waals surface area contributed by atoms with Crippen LogP contribution >= 0.6 is 0 Å². The third kappa shape index (κ3) is 2.54. The number of hydrogen-bond donors (Lipinski definition) is 1. The molecule has 0 saturated carbocycles. The molecule has 4 heteroatoms. The van der Waals surface area contributed by atoms with Crippen LogP contribution in [0.4, 0.5) is 13.2 Å². The van der Waals surface area contributed by atoms with E-state index in [2.05, 4.69) is 5.32 Å². The first-order chi connectivity index (χ1) is 9.04. The van der Waals surface area contributed by atoms with Crippen molar-refractivity contribution in [3.8, 4) is 0 Å². The van der Waals surface area contributed by atoms with E-state index in [0.717, 1.165) is 43.5 Å². The van der Waals surface area contributed by atoms with Crippen LogP contribution in [-0.2, 0) is 12.6 Å². The average molecular weight is 267 g/mol. The third-order valence-corrected chi connectivity index (χ3v) is 4.07. The molecule has 102 valence electrons. The van der Waals surface area contributed by atoms with Crippen LogP contribution in [0.5, 0.6) is 0 Å².